The maximum absolute atomic E-state index is 8.22. The first-order valence-electron chi connectivity index (χ1n) is 14.6. The van der Waals surface area contributed by atoms with Crippen molar-refractivity contribution in [1.82, 2.24) is 0 Å². The van der Waals surface area contributed by atoms with Gasteiger partial charge >= 0.3 is 240 Å². The molecule has 1 saturated carbocycles. The molecular weight excluding hydrogens is 599 g/mol. The second-order valence-corrected chi connectivity index (χ2v) is 54.7. The van der Waals surface area contributed by atoms with Gasteiger partial charge in [-0.15, -0.1) is 0 Å². The Morgan fingerprint density at radius 3 is 2.26 bits per heavy atom. The van der Waals surface area contributed by atoms with Gasteiger partial charge in [0.05, 0.1) is 0 Å². The SMILES string of the molecule is CCC1=Cc2c(-c3ccc(C4CCCCC4)cc3)cccc2[CH]1[Zr]([Cl])([Cl])([CH]1C=Cc2ccccc21)[SiH](C)C. The quantitative estimate of drug-likeness (QED) is 0.236. The molecule has 197 valence electrons. The number of benzene rings is 3. The molecule has 6 rings (SSSR count). The second kappa shape index (κ2) is 10.3. The molecular formula is C34H39Cl2SiZr. The first-order valence-corrected chi connectivity index (χ1v) is 30.9. The summed E-state index contributed by atoms with van der Waals surface area (Å²) in [6.07, 6.45) is 14.9. The van der Waals surface area contributed by atoms with Crippen LogP contribution in [0, 0.1) is 0 Å². The molecule has 1 fully saturated rings. The summed E-state index contributed by atoms with van der Waals surface area (Å²) in [6, 6.07) is 25.1. The molecule has 4 heteroatoms. The molecule has 3 aliphatic carbocycles. The first-order chi connectivity index (χ1) is 18.3. The van der Waals surface area contributed by atoms with Crippen LogP contribution in [0.25, 0.3) is 23.3 Å². The zero-order valence-electron chi connectivity index (χ0n) is 22.9. The topological polar surface area (TPSA) is 0 Å². The first kappa shape index (κ1) is 27.0. The zero-order valence-corrected chi connectivity index (χ0v) is 28.0. The average molecular weight is 638 g/mol. The molecule has 2 atom stereocenters. The van der Waals surface area contributed by atoms with E-state index in [1.54, 1.807) is 0 Å². The van der Waals surface area contributed by atoms with Gasteiger partial charge in [0.15, 0.2) is 0 Å². The minimum absolute atomic E-state index is 0.173. The molecule has 0 spiro atoms. The van der Waals surface area contributed by atoms with Gasteiger partial charge < -0.3 is 0 Å². The van der Waals surface area contributed by atoms with Crippen LogP contribution in [0.1, 0.15) is 86.4 Å². The Hall–Kier alpha value is -1.18. The fourth-order valence-electron chi connectivity index (χ4n) is 7.65. The molecule has 0 radical (unpaired) electrons. The van der Waals surface area contributed by atoms with Crippen molar-refractivity contribution in [3.05, 3.63) is 106 Å². The molecule has 0 bridgehead atoms. The van der Waals surface area contributed by atoms with Gasteiger partial charge in [-0.3, -0.25) is 0 Å². The van der Waals surface area contributed by atoms with Crippen LogP contribution in [0.4, 0.5) is 0 Å². The predicted octanol–water partition coefficient (Wildman–Crippen LogP) is 11.0. The third-order valence-electron chi connectivity index (χ3n) is 9.91. The molecule has 0 heterocycles. The van der Waals surface area contributed by atoms with Gasteiger partial charge in [-0.05, 0) is 0 Å². The zero-order chi connectivity index (χ0) is 26.5. The Labute approximate surface area is 238 Å². The van der Waals surface area contributed by atoms with Crippen molar-refractivity contribution in [3.63, 3.8) is 0 Å². The van der Waals surface area contributed by atoms with E-state index in [2.05, 4.69) is 105 Å². The number of hydrogen-bond acceptors (Lipinski definition) is 0. The molecule has 3 aliphatic rings. The van der Waals surface area contributed by atoms with E-state index in [9.17, 15) is 0 Å². The standard InChI is InChI=1S/C23H25.C9H7.C2H7Si.2ClH.Zr/c1-2-17-15-21-9-6-10-22(23(21)16-17)20-13-11-19(12-14-20)18-7-4-3-5-8-18;1-2-5-9-7-3-6-8(9)4-1;1-3-2;;;/h6,9-16,18H,2-5,7-8H2,1H3;1-7H;3H,1-2H3;2*1H;/q;;;;;+2/p-2. The van der Waals surface area contributed by atoms with Gasteiger partial charge in [0.1, 0.15) is 0 Å². The van der Waals surface area contributed by atoms with E-state index in [0.29, 0.717) is 0 Å². The summed E-state index contributed by atoms with van der Waals surface area (Å²) < 4.78 is 0.348. The molecule has 3 aromatic rings. The fourth-order valence-corrected chi connectivity index (χ4v) is 37.3. The molecule has 38 heavy (non-hydrogen) atoms. The summed E-state index contributed by atoms with van der Waals surface area (Å²) in [5.74, 6) is -0.724. The summed E-state index contributed by atoms with van der Waals surface area (Å²) in [5, 5.41) is 0. The van der Waals surface area contributed by atoms with E-state index in [1.807, 2.05) is 0 Å². The normalized spacial score (nSPS) is 22.2. The van der Waals surface area contributed by atoms with E-state index in [1.165, 1.54) is 76.6 Å². The van der Waals surface area contributed by atoms with Crippen molar-refractivity contribution in [2.45, 2.75) is 71.7 Å². The van der Waals surface area contributed by atoms with Crippen molar-refractivity contribution >= 4 is 35.1 Å². The summed E-state index contributed by atoms with van der Waals surface area (Å²) in [5.41, 5.74) is 11.0. The molecule has 0 saturated heterocycles. The van der Waals surface area contributed by atoms with Gasteiger partial charge in [0, 0.05) is 0 Å². The molecule has 0 amide bonds. The van der Waals surface area contributed by atoms with Gasteiger partial charge in [0.25, 0.3) is 0 Å². The number of halogens is 2. The van der Waals surface area contributed by atoms with Crippen LogP contribution >= 0.6 is 17.0 Å². The average Bonchev–Trinajstić information content (AvgIpc) is 3.56. The van der Waals surface area contributed by atoms with Crippen LogP contribution in [-0.2, 0) is 15.6 Å². The maximum atomic E-state index is 8.22. The Bertz CT molecular complexity index is 1410. The Balaban J connectivity index is 1.45. The van der Waals surface area contributed by atoms with Crippen LogP contribution in [0.15, 0.2) is 78.4 Å². The van der Waals surface area contributed by atoms with Crippen LogP contribution < -0.4 is 0 Å². The van der Waals surface area contributed by atoms with Crippen molar-refractivity contribution in [1.29, 1.82) is 0 Å². The monoisotopic (exact) mass is 635 g/mol. The van der Waals surface area contributed by atoms with Gasteiger partial charge in [-0.2, -0.15) is 0 Å². The van der Waals surface area contributed by atoms with Gasteiger partial charge in [-0.1, -0.05) is 0 Å². The van der Waals surface area contributed by atoms with Crippen LogP contribution in [0.3, 0.4) is 0 Å². The Kier molecular flexibility index (Phi) is 7.35. The van der Waals surface area contributed by atoms with Crippen molar-refractivity contribution < 1.29 is 15.6 Å². The third kappa shape index (κ3) is 4.25. The molecule has 3 aromatic carbocycles. The van der Waals surface area contributed by atoms with Crippen molar-refractivity contribution in [2.75, 3.05) is 0 Å². The number of allylic oxidation sites excluding steroid dienone is 2. The second-order valence-electron chi connectivity index (χ2n) is 12.1. The molecule has 0 aromatic heterocycles. The summed E-state index contributed by atoms with van der Waals surface area (Å²) in [7, 11) is 16.4. The van der Waals surface area contributed by atoms with E-state index < -0.39 is 21.5 Å². The predicted molar refractivity (Wildman–Crippen MR) is 168 cm³/mol. The summed E-state index contributed by atoms with van der Waals surface area (Å²) in [6.45, 7) is 7.12. The van der Waals surface area contributed by atoms with Gasteiger partial charge in [0.2, 0.25) is 0 Å². The summed E-state index contributed by atoms with van der Waals surface area (Å²) in [4.78, 5) is 0. The molecule has 0 aliphatic heterocycles. The number of rotatable bonds is 6. The Morgan fingerprint density at radius 2 is 1.55 bits per heavy atom. The van der Waals surface area contributed by atoms with E-state index in [4.69, 9.17) is 17.0 Å². The Morgan fingerprint density at radius 1 is 0.842 bits per heavy atom. The molecule has 0 N–H and O–H groups in total. The molecule has 2 unspecified atom stereocenters. The van der Waals surface area contributed by atoms with E-state index in [-0.39, 0.29) is 7.25 Å². The fraction of sp³-hybridized carbons (Fsp3) is 0.353. The van der Waals surface area contributed by atoms with Crippen molar-refractivity contribution in [3.8, 4) is 11.1 Å². The van der Waals surface area contributed by atoms with Gasteiger partial charge in [-0.25, -0.2) is 0 Å². The summed E-state index contributed by atoms with van der Waals surface area (Å²) >= 11 is -4.48. The van der Waals surface area contributed by atoms with Crippen LogP contribution in [0.2, 0.25) is 13.1 Å². The van der Waals surface area contributed by atoms with Crippen molar-refractivity contribution in [2.24, 2.45) is 0 Å². The minimum atomic E-state index is -4.48. The van der Waals surface area contributed by atoms with E-state index in [0.717, 1.165) is 12.3 Å². The number of fused-ring (bicyclic) bond motifs is 2. The van der Waals surface area contributed by atoms with Crippen LogP contribution in [0.5, 0.6) is 0 Å². The third-order valence-corrected chi connectivity index (χ3v) is 61.9. The molecule has 0 nitrogen and oxygen atoms in total. The van der Waals surface area contributed by atoms with Crippen LogP contribution in [-0.4, -0.2) is 5.92 Å². The number of hydrogen-bond donors (Lipinski definition) is 0. The van der Waals surface area contributed by atoms with E-state index >= 15 is 0 Å².